The summed E-state index contributed by atoms with van der Waals surface area (Å²) in [6.07, 6.45) is 1.69. The first-order chi connectivity index (χ1) is 18.1. The lowest BCUT2D eigenvalue weighted by Gasteiger charge is -2.12. The van der Waals surface area contributed by atoms with E-state index in [1.807, 2.05) is 54.6 Å². The first kappa shape index (κ1) is 26.6. The van der Waals surface area contributed by atoms with Crippen molar-refractivity contribution >= 4 is 60.6 Å². The van der Waals surface area contributed by atoms with Crippen LogP contribution in [0.15, 0.2) is 70.2 Å². The molecule has 0 aliphatic heterocycles. The molecular formula is C25H23BrCl2N7O2S+. The van der Waals surface area contributed by atoms with Crippen molar-refractivity contribution in [3.05, 3.63) is 92.3 Å². The van der Waals surface area contributed by atoms with Gasteiger partial charge in [-0.05, 0) is 51.6 Å². The van der Waals surface area contributed by atoms with Crippen LogP contribution in [0.4, 0.5) is 5.82 Å². The Morgan fingerprint density at radius 1 is 1.08 bits per heavy atom. The molecule has 0 aliphatic carbocycles. The molecule has 38 heavy (non-hydrogen) atoms. The van der Waals surface area contributed by atoms with Crippen LogP contribution in [0.1, 0.15) is 16.8 Å². The molecule has 0 radical (unpaired) electrons. The molecule has 0 fully saturated rings. The number of benzene rings is 2. The number of nitrogens with one attached hydrogen (secondary N) is 3. The lowest BCUT2D eigenvalue weighted by Crippen LogP contribution is -2.31. The first-order valence-electron chi connectivity index (χ1n) is 11.5. The van der Waals surface area contributed by atoms with E-state index < -0.39 is 10.0 Å². The van der Waals surface area contributed by atoms with Gasteiger partial charge in [0.2, 0.25) is 0 Å². The third kappa shape index (κ3) is 5.29. The zero-order valence-corrected chi connectivity index (χ0v) is 24.2. The largest absolute Gasteiger partial charge is 0.366 e. The molecule has 0 saturated heterocycles. The van der Waals surface area contributed by atoms with Crippen molar-refractivity contribution in [1.82, 2.24) is 24.4 Å². The number of H-pyrrole nitrogens is 1. The molecule has 0 amide bonds. The maximum Gasteiger partial charge on any atom is 0.320 e. The number of anilines is 1. The number of aryl methyl sites for hydroxylation is 2. The molecule has 5 aromatic rings. The molecule has 2 aromatic carbocycles. The Kier molecular flexibility index (Phi) is 7.47. The van der Waals surface area contributed by atoms with E-state index in [4.69, 9.17) is 28.2 Å². The summed E-state index contributed by atoms with van der Waals surface area (Å²) in [5.74, 6) is 0.729. The number of aromatic nitrogens is 5. The van der Waals surface area contributed by atoms with Crippen LogP contribution < -0.4 is 14.7 Å². The fourth-order valence-electron chi connectivity index (χ4n) is 4.13. The molecule has 0 bridgehead atoms. The van der Waals surface area contributed by atoms with Gasteiger partial charge in [-0.25, -0.2) is 18.1 Å². The molecule has 0 unspecified atom stereocenters. The fourth-order valence-corrected chi connectivity index (χ4v) is 6.51. The van der Waals surface area contributed by atoms with Crippen LogP contribution in [-0.4, -0.2) is 28.1 Å². The second kappa shape index (κ2) is 10.7. The fraction of sp³-hybridized carbons (Fsp3) is 0.160. The molecule has 9 nitrogen and oxygen atoms in total. The number of fused-ring (bicyclic) bond motifs is 1. The van der Waals surface area contributed by atoms with Gasteiger partial charge < -0.3 is 5.32 Å². The van der Waals surface area contributed by atoms with Gasteiger partial charge in [0.25, 0.3) is 10.0 Å². The Labute approximate surface area is 238 Å². The summed E-state index contributed by atoms with van der Waals surface area (Å²) in [4.78, 5) is 4.78. The van der Waals surface area contributed by atoms with Crippen LogP contribution in [0, 0.1) is 6.92 Å². The van der Waals surface area contributed by atoms with Crippen molar-refractivity contribution in [2.24, 2.45) is 7.05 Å². The van der Waals surface area contributed by atoms with E-state index in [-0.39, 0.29) is 16.6 Å². The summed E-state index contributed by atoms with van der Waals surface area (Å²) in [5.41, 5.74) is 4.41. The van der Waals surface area contributed by atoms with E-state index in [2.05, 4.69) is 36.2 Å². The summed E-state index contributed by atoms with van der Waals surface area (Å²) in [5, 5.41) is 11.5. The van der Waals surface area contributed by atoms with Crippen molar-refractivity contribution in [2.75, 3.05) is 5.32 Å². The summed E-state index contributed by atoms with van der Waals surface area (Å²) in [6, 6.07) is 17.1. The standard InChI is InChI=1S/C25H22BrCl2N7O2S/c1-15-23(24(28)34(2)33-15)38(36,37)31-13-17-7-5-6-16(10-17)12-29-22-11-21(18-8-3-4-9-20(18)27)32-25-19(26)14-30-35(22)25/h3-11,14,31H,12-13H2,1-2H3,(H,29,30,32)/p+1. The van der Waals surface area contributed by atoms with Crippen LogP contribution in [0.25, 0.3) is 16.9 Å². The first-order valence-corrected chi connectivity index (χ1v) is 14.5. The summed E-state index contributed by atoms with van der Waals surface area (Å²) < 4.78 is 32.3. The topological polar surface area (TPSA) is 108 Å². The average molecular weight is 636 g/mol. The van der Waals surface area contributed by atoms with Crippen LogP contribution >= 0.6 is 39.1 Å². The van der Waals surface area contributed by atoms with Crippen LogP contribution in [0.3, 0.4) is 0 Å². The Morgan fingerprint density at radius 2 is 1.82 bits per heavy atom. The predicted octanol–water partition coefficient (Wildman–Crippen LogP) is 5.02. The van der Waals surface area contributed by atoms with Gasteiger partial charge in [0.1, 0.15) is 5.82 Å². The number of nitrogens with zero attached hydrogens (tertiary/aromatic N) is 4. The lowest BCUT2D eigenvalue weighted by molar-refractivity contribution is -0.725. The van der Waals surface area contributed by atoms with Crippen LogP contribution in [0.5, 0.6) is 0 Å². The van der Waals surface area contributed by atoms with E-state index in [0.29, 0.717) is 28.6 Å². The van der Waals surface area contributed by atoms with Gasteiger partial charge in [0.05, 0.1) is 22.1 Å². The van der Waals surface area contributed by atoms with Gasteiger partial charge in [0, 0.05) is 29.7 Å². The van der Waals surface area contributed by atoms with Crippen molar-refractivity contribution < 1.29 is 13.1 Å². The zero-order valence-electron chi connectivity index (χ0n) is 20.3. The van der Waals surface area contributed by atoms with Gasteiger partial charge >= 0.3 is 5.15 Å². The third-order valence-corrected chi connectivity index (χ3v) is 8.94. The van der Waals surface area contributed by atoms with E-state index in [1.165, 1.54) is 4.68 Å². The second-order valence-electron chi connectivity index (χ2n) is 8.65. The zero-order chi connectivity index (χ0) is 27.0. The smallest absolute Gasteiger partial charge is 0.320 e. The van der Waals surface area contributed by atoms with E-state index in [9.17, 15) is 8.42 Å². The minimum Gasteiger partial charge on any atom is -0.366 e. The number of rotatable bonds is 8. The third-order valence-electron chi connectivity index (χ3n) is 5.94. The molecule has 3 heterocycles. The Balaban J connectivity index is 1.36. The van der Waals surface area contributed by atoms with Crippen molar-refractivity contribution in [1.29, 1.82) is 0 Å². The highest BCUT2D eigenvalue weighted by molar-refractivity contribution is 9.10. The van der Waals surface area contributed by atoms with E-state index in [1.54, 1.807) is 24.7 Å². The van der Waals surface area contributed by atoms with Crippen molar-refractivity contribution in [3.63, 3.8) is 0 Å². The van der Waals surface area contributed by atoms with Gasteiger partial charge in [-0.15, -0.1) is 4.68 Å². The van der Waals surface area contributed by atoms with Gasteiger partial charge in [-0.2, -0.15) is 14.7 Å². The SMILES string of the molecule is Cc1[nH][n+](C)c(Cl)c1S(=O)(=O)NCc1cccc(CNc2cc(-c3ccccc3Cl)nc3c(Br)cnn23)c1. The maximum absolute atomic E-state index is 12.9. The average Bonchev–Trinajstić information content (AvgIpc) is 3.39. The molecule has 0 atom stereocenters. The maximum atomic E-state index is 12.9. The monoisotopic (exact) mass is 634 g/mol. The molecule has 3 N–H and O–H groups in total. The highest BCUT2D eigenvalue weighted by Crippen LogP contribution is 2.30. The minimum absolute atomic E-state index is 0.0425. The summed E-state index contributed by atoms with van der Waals surface area (Å²) in [6.45, 7) is 2.25. The molecular weight excluding hydrogens is 613 g/mol. The molecule has 5 rings (SSSR count). The molecule has 0 saturated carbocycles. The van der Waals surface area contributed by atoms with Gasteiger partial charge in [-0.1, -0.05) is 54.1 Å². The predicted molar refractivity (Wildman–Crippen MR) is 151 cm³/mol. The highest BCUT2D eigenvalue weighted by Gasteiger charge is 2.29. The van der Waals surface area contributed by atoms with Crippen LogP contribution in [-0.2, 0) is 30.2 Å². The Hall–Kier alpha value is -2.96. The molecule has 13 heteroatoms. The normalized spacial score (nSPS) is 11.8. The van der Waals surface area contributed by atoms with Gasteiger partial charge in [-0.3, -0.25) is 0 Å². The molecule has 196 valence electrons. The lowest BCUT2D eigenvalue weighted by atomic mass is 10.1. The highest BCUT2D eigenvalue weighted by atomic mass is 79.9. The van der Waals surface area contributed by atoms with Crippen molar-refractivity contribution in [2.45, 2.75) is 24.9 Å². The van der Waals surface area contributed by atoms with Crippen LogP contribution in [0.2, 0.25) is 10.2 Å². The van der Waals surface area contributed by atoms with E-state index in [0.717, 1.165) is 27.0 Å². The molecule has 3 aromatic heterocycles. The van der Waals surface area contributed by atoms with Gasteiger partial charge in [0.15, 0.2) is 17.6 Å². The van der Waals surface area contributed by atoms with E-state index >= 15 is 0 Å². The number of hydrogen-bond acceptors (Lipinski definition) is 5. The Morgan fingerprint density at radius 3 is 2.53 bits per heavy atom. The second-order valence-corrected chi connectivity index (χ2v) is 12.0. The number of halogens is 3. The number of aromatic amines is 1. The molecule has 0 spiro atoms. The minimum atomic E-state index is -3.81. The quantitative estimate of drug-likeness (QED) is 0.208. The Bertz CT molecular complexity index is 1770. The summed E-state index contributed by atoms with van der Waals surface area (Å²) in [7, 11) is -2.15. The summed E-state index contributed by atoms with van der Waals surface area (Å²) >= 11 is 16.1. The number of hydrogen-bond donors (Lipinski definition) is 3. The van der Waals surface area contributed by atoms with Crippen molar-refractivity contribution in [3.8, 4) is 11.3 Å². The molecule has 0 aliphatic rings. The number of sulfonamides is 1.